The number of hydrogen-bond acceptors (Lipinski definition) is 5. The second kappa shape index (κ2) is 5.58. The van der Waals surface area contributed by atoms with Gasteiger partial charge >= 0.3 is 0 Å². The number of anilines is 1. The highest BCUT2D eigenvalue weighted by atomic mass is 32.2. The monoisotopic (exact) mass is 333 g/mol. The summed E-state index contributed by atoms with van der Waals surface area (Å²) < 4.78 is 19.0. The number of phenols is 1. The molecule has 1 unspecified atom stereocenters. The number of benzene rings is 2. The van der Waals surface area contributed by atoms with E-state index >= 15 is 4.39 Å². The van der Waals surface area contributed by atoms with E-state index in [9.17, 15) is 9.90 Å². The molecule has 2 aliphatic heterocycles. The van der Waals surface area contributed by atoms with Crippen LogP contribution in [0.3, 0.4) is 0 Å². The molecule has 0 aromatic heterocycles. The van der Waals surface area contributed by atoms with Crippen LogP contribution in [0.25, 0.3) is 10.8 Å². The summed E-state index contributed by atoms with van der Waals surface area (Å²) in [7, 11) is 0. The first-order chi connectivity index (χ1) is 11.1. The van der Waals surface area contributed by atoms with E-state index in [4.69, 9.17) is 0 Å². The van der Waals surface area contributed by atoms with Gasteiger partial charge in [0.05, 0.1) is 12.1 Å². The topological polar surface area (TPSA) is 64.6 Å². The molecule has 0 saturated carbocycles. The molecular formula is C16H16FN3O2S. The quantitative estimate of drug-likeness (QED) is 0.736. The van der Waals surface area contributed by atoms with Crippen molar-refractivity contribution in [3.05, 3.63) is 35.6 Å². The predicted molar refractivity (Wildman–Crippen MR) is 88.9 cm³/mol. The van der Waals surface area contributed by atoms with Crippen LogP contribution in [0.15, 0.2) is 24.3 Å². The van der Waals surface area contributed by atoms with Crippen molar-refractivity contribution in [2.24, 2.45) is 0 Å². The molecule has 0 aliphatic carbocycles. The van der Waals surface area contributed by atoms with Gasteiger partial charge in [-0.05, 0) is 42.0 Å². The van der Waals surface area contributed by atoms with Gasteiger partial charge in [-0.3, -0.25) is 13.8 Å². The van der Waals surface area contributed by atoms with Crippen LogP contribution in [0.1, 0.15) is 17.9 Å². The van der Waals surface area contributed by atoms with E-state index < -0.39 is 5.82 Å². The molecule has 5 nitrogen and oxygen atoms in total. The predicted octanol–water partition coefficient (Wildman–Crippen LogP) is 2.26. The van der Waals surface area contributed by atoms with Gasteiger partial charge in [0.15, 0.2) is 5.82 Å². The van der Waals surface area contributed by atoms with Crippen LogP contribution in [-0.2, 0) is 4.79 Å². The summed E-state index contributed by atoms with van der Waals surface area (Å²) >= 11 is 0.994. The Morgan fingerprint density at radius 2 is 2.22 bits per heavy atom. The van der Waals surface area contributed by atoms with Crippen molar-refractivity contribution in [1.82, 2.24) is 10.0 Å². The van der Waals surface area contributed by atoms with E-state index in [1.807, 2.05) is 18.2 Å². The standard InChI is InChI=1S/C16H16FN3O2S/c17-15-12-5-9(11-3-4-18-7-11)1-2-10(12)6-13(21)16(15)20-8-14(22)19-23-20/h1-2,5-6,11,18,21H,3-4,7-8H2,(H,19,22). The van der Waals surface area contributed by atoms with E-state index in [0.29, 0.717) is 16.7 Å². The number of nitrogens with zero attached hydrogens (tertiary/aromatic N) is 1. The highest BCUT2D eigenvalue weighted by Crippen LogP contribution is 2.40. The van der Waals surface area contributed by atoms with Gasteiger partial charge in [0.2, 0.25) is 0 Å². The minimum atomic E-state index is -0.489. The number of nitrogens with one attached hydrogen (secondary N) is 2. The maximum absolute atomic E-state index is 15.0. The second-order valence-corrected chi connectivity index (χ2v) is 6.71. The van der Waals surface area contributed by atoms with E-state index in [1.54, 1.807) is 6.07 Å². The van der Waals surface area contributed by atoms with Crippen molar-refractivity contribution in [3.63, 3.8) is 0 Å². The van der Waals surface area contributed by atoms with Gasteiger partial charge in [0.1, 0.15) is 18.0 Å². The smallest absolute Gasteiger partial charge is 0.251 e. The minimum Gasteiger partial charge on any atom is -0.506 e. The third-order valence-corrected chi connectivity index (χ3v) is 5.25. The highest BCUT2D eigenvalue weighted by molar-refractivity contribution is 7.99. The summed E-state index contributed by atoms with van der Waals surface area (Å²) in [5.41, 5.74) is 1.16. The van der Waals surface area contributed by atoms with Crippen LogP contribution >= 0.6 is 12.1 Å². The van der Waals surface area contributed by atoms with E-state index in [-0.39, 0.29) is 23.9 Å². The molecule has 120 valence electrons. The van der Waals surface area contributed by atoms with Gasteiger partial charge in [0.25, 0.3) is 5.91 Å². The van der Waals surface area contributed by atoms with Crippen LogP contribution in [0.5, 0.6) is 5.75 Å². The molecule has 7 heteroatoms. The lowest BCUT2D eigenvalue weighted by molar-refractivity contribution is -0.117. The normalized spacial score (nSPS) is 21.2. The minimum absolute atomic E-state index is 0.0207. The van der Waals surface area contributed by atoms with Gasteiger partial charge < -0.3 is 10.4 Å². The summed E-state index contributed by atoms with van der Waals surface area (Å²) in [5.74, 6) is -0.466. The molecule has 0 radical (unpaired) electrons. The fourth-order valence-electron chi connectivity index (χ4n) is 3.20. The highest BCUT2D eigenvalue weighted by Gasteiger charge is 2.27. The molecule has 2 heterocycles. The molecule has 3 N–H and O–H groups in total. The Morgan fingerprint density at radius 1 is 1.35 bits per heavy atom. The van der Waals surface area contributed by atoms with E-state index in [1.165, 1.54) is 4.31 Å². The summed E-state index contributed by atoms with van der Waals surface area (Å²) in [4.78, 5) is 11.4. The maximum atomic E-state index is 15.0. The van der Waals surface area contributed by atoms with Crippen LogP contribution in [0.4, 0.5) is 10.1 Å². The van der Waals surface area contributed by atoms with Crippen molar-refractivity contribution in [2.45, 2.75) is 12.3 Å². The van der Waals surface area contributed by atoms with Crippen molar-refractivity contribution in [1.29, 1.82) is 0 Å². The number of aromatic hydroxyl groups is 1. The summed E-state index contributed by atoms with van der Waals surface area (Å²) in [5, 5.41) is 14.6. The lowest BCUT2D eigenvalue weighted by atomic mass is 9.95. The van der Waals surface area contributed by atoms with E-state index in [0.717, 1.165) is 37.2 Å². The van der Waals surface area contributed by atoms with Crippen LogP contribution in [-0.4, -0.2) is 30.6 Å². The lowest BCUT2D eigenvalue weighted by Crippen LogP contribution is -2.16. The summed E-state index contributed by atoms with van der Waals surface area (Å²) in [6, 6.07) is 7.25. The van der Waals surface area contributed by atoms with Crippen molar-refractivity contribution < 1.29 is 14.3 Å². The van der Waals surface area contributed by atoms with Gasteiger partial charge in [0, 0.05) is 11.9 Å². The summed E-state index contributed by atoms with van der Waals surface area (Å²) in [6.45, 7) is 1.90. The number of hydrogen-bond donors (Lipinski definition) is 3. The largest absolute Gasteiger partial charge is 0.506 e. The lowest BCUT2D eigenvalue weighted by Gasteiger charge is -2.18. The Labute approximate surface area is 137 Å². The third-order valence-electron chi connectivity index (χ3n) is 4.39. The Bertz CT molecular complexity index is 792. The molecule has 2 saturated heterocycles. The number of amides is 1. The molecule has 4 rings (SSSR count). The van der Waals surface area contributed by atoms with Crippen molar-refractivity contribution in [3.8, 4) is 5.75 Å². The Balaban J connectivity index is 1.82. The molecule has 2 aromatic rings. The molecule has 0 spiro atoms. The van der Waals surface area contributed by atoms with Crippen LogP contribution in [0.2, 0.25) is 0 Å². The summed E-state index contributed by atoms with van der Waals surface area (Å²) in [6.07, 6.45) is 1.04. The first kappa shape index (κ1) is 14.6. The fraction of sp³-hybridized carbons (Fsp3) is 0.312. The van der Waals surface area contributed by atoms with Crippen LogP contribution < -0.4 is 14.3 Å². The molecule has 0 bridgehead atoms. The van der Waals surface area contributed by atoms with Gasteiger partial charge in [-0.1, -0.05) is 12.1 Å². The average molecular weight is 333 g/mol. The van der Waals surface area contributed by atoms with Gasteiger partial charge in [-0.25, -0.2) is 4.39 Å². The zero-order valence-electron chi connectivity index (χ0n) is 12.3. The molecular weight excluding hydrogens is 317 g/mol. The number of rotatable bonds is 2. The van der Waals surface area contributed by atoms with Gasteiger partial charge in [-0.2, -0.15) is 0 Å². The third kappa shape index (κ3) is 2.49. The Hall–Kier alpha value is -1.99. The Kier molecular flexibility index (Phi) is 3.54. The number of carbonyl (C=O) groups is 1. The first-order valence-electron chi connectivity index (χ1n) is 7.52. The fourth-order valence-corrected chi connectivity index (χ4v) is 3.92. The SMILES string of the molecule is O=C1CN(c2c(O)cc3ccc(C4CCNC4)cc3c2F)SN1. The Morgan fingerprint density at radius 3 is 2.91 bits per heavy atom. The molecule has 1 atom stereocenters. The molecule has 2 aliphatic rings. The van der Waals surface area contributed by atoms with E-state index in [2.05, 4.69) is 10.0 Å². The zero-order valence-corrected chi connectivity index (χ0v) is 13.1. The van der Waals surface area contributed by atoms with Crippen molar-refractivity contribution in [2.75, 3.05) is 23.9 Å². The molecule has 2 aromatic carbocycles. The average Bonchev–Trinajstić information content (AvgIpc) is 3.19. The number of phenolic OH excluding ortho intramolecular Hbond substituents is 1. The second-order valence-electron chi connectivity index (χ2n) is 5.88. The van der Waals surface area contributed by atoms with Gasteiger partial charge in [-0.15, -0.1) is 0 Å². The zero-order chi connectivity index (χ0) is 16.0. The molecule has 2 fully saturated rings. The maximum Gasteiger partial charge on any atom is 0.251 e. The van der Waals surface area contributed by atoms with Crippen molar-refractivity contribution >= 4 is 34.5 Å². The molecule has 1 amide bonds. The number of carbonyl (C=O) groups excluding carboxylic acids is 1. The number of fused-ring (bicyclic) bond motifs is 1. The number of halogens is 1. The van der Waals surface area contributed by atoms with Crippen LogP contribution in [0, 0.1) is 5.82 Å². The first-order valence-corrected chi connectivity index (χ1v) is 8.30. The molecule has 23 heavy (non-hydrogen) atoms.